The number of carbonyl (C=O) groups excluding carboxylic acids is 1. The molecule has 1 N–H and O–H groups in total. The molecule has 1 aliphatic heterocycles. The summed E-state index contributed by atoms with van der Waals surface area (Å²) < 4.78 is 22.3. The molecule has 6 heteroatoms. The van der Waals surface area contributed by atoms with Crippen molar-refractivity contribution >= 4 is 15.7 Å². The number of hydrogen-bond acceptors (Lipinski definition) is 4. The maximum absolute atomic E-state index is 12.2. The Bertz CT molecular complexity index is 406. The third kappa shape index (κ3) is 5.10. The molecule has 0 bridgehead atoms. The molecule has 1 saturated heterocycles. The van der Waals surface area contributed by atoms with Crippen molar-refractivity contribution in [3.05, 3.63) is 0 Å². The lowest BCUT2D eigenvalue weighted by Gasteiger charge is -2.25. The van der Waals surface area contributed by atoms with Gasteiger partial charge in [-0.3, -0.25) is 10.1 Å². The second-order valence-corrected chi connectivity index (χ2v) is 8.05. The predicted molar refractivity (Wildman–Crippen MR) is 76.5 cm³/mol. The monoisotopic (exact) mass is 290 g/mol. The fourth-order valence-electron chi connectivity index (χ4n) is 2.44. The van der Waals surface area contributed by atoms with Crippen LogP contribution >= 0.6 is 0 Å². The molecule has 5 nitrogen and oxygen atoms in total. The van der Waals surface area contributed by atoms with Crippen LogP contribution in [0.1, 0.15) is 40.0 Å². The van der Waals surface area contributed by atoms with E-state index in [0.29, 0.717) is 18.9 Å². The summed E-state index contributed by atoms with van der Waals surface area (Å²) in [4.78, 5) is 14.0. The van der Waals surface area contributed by atoms with Gasteiger partial charge in [0.2, 0.25) is 5.91 Å². The van der Waals surface area contributed by atoms with E-state index < -0.39 is 9.84 Å². The largest absolute Gasteiger partial charge is 0.326 e. The van der Waals surface area contributed by atoms with Gasteiger partial charge >= 0.3 is 0 Å². The first-order valence-electron chi connectivity index (χ1n) is 6.98. The van der Waals surface area contributed by atoms with Gasteiger partial charge in [-0.2, -0.15) is 0 Å². The molecular formula is C13H26N2O3S. The molecule has 1 aliphatic rings. The van der Waals surface area contributed by atoms with E-state index in [1.54, 1.807) is 0 Å². The lowest BCUT2D eigenvalue weighted by Crippen LogP contribution is -2.39. The zero-order valence-electron chi connectivity index (χ0n) is 12.3. The molecule has 1 fully saturated rings. The Morgan fingerprint density at radius 2 is 2.00 bits per heavy atom. The number of carbonyl (C=O) groups is 1. The van der Waals surface area contributed by atoms with Crippen molar-refractivity contribution in [2.75, 3.05) is 18.6 Å². The quantitative estimate of drug-likeness (QED) is 0.760. The summed E-state index contributed by atoms with van der Waals surface area (Å²) in [6.45, 7) is 6.76. The molecule has 19 heavy (non-hydrogen) atoms. The topological polar surface area (TPSA) is 66.5 Å². The first kappa shape index (κ1) is 16.4. The van der Waals surface area contributed by atoms with Crippen LogP contribution in [0.5, 0.6) is 0 Å². The van der Waals surface area contributed by atoms with Gasteiger partial charge in [0.1, 0.15) is 9.84 Å². The maximum Gasteiger partial charge on any atom is 0.241 e. The van der Waals surface area contributed by atoms with Gasteiger partial charge in [0.15, 0.2) is 0 Å². The number of amides is 1. The molecule has 0 saturated carbocycles. The summed E-state index contributed by atoms with van der Waals surface area (Å²) in [5, 5.41) is 3.35. The van der Waals surface area contributed by atoms with Gasteiger partial charge in [0.05, 0.1) is 18.0 Å². The Morgan fingerprint density at radius 1 is 1.37 bits per heavy atom. The minimum atomic E-state index is -2.95. The molecular weight excluding hydrogens is 264 g/mol. The lowest BCUT2D eigenvalue weighted by atomic mass is 10.1. The highest BCUT2D eigenvalue weighted by Crippen LogP contribution is 2.19. The zero-order valence-corrected chi connectivity index (χ0v) is 13.2. The number of sulfone groups is 1. The Balaban J connectivity index is 2.62. The van der Waals surface area contributed by atoms with Gasteiger partial charge in [-0.15, -0.1) is 0 Å². The fraction of sp³-hybridized carbons (Fsp3) is 0.923. The molecule has 2 atom stereocenters. The molecule has 0 radical (unpaired) electrons. The van der Waals surface area contributed by atoms with Crippen molar-refractivity contribution in [3.8, 4) is 0 Å². The Kier molecular flexibility index (Phi) is 5.80. The van der Waals surface area contributed by atoms with Crippen molar-refractivity contribution in [1.82, 2.24) is 10.2 Å². The molecule has 1 rings (SSSR count). The van der Waals surface area contributed by atoms with Crippen molar-refractivity contribution in [1.29, 1.82) is 0 Å². The van der Waals surface area contributed by atoms with Crippen molar-refractivity contribution in [2.45, 2.75) is 52.2 Å². The van der Waals surface area contributed by atoms with Crippen LogP contribution in [0.15, 0.2) is 0 Å². The van der Waals surface area contributed by atoms with Crippen molar-refractivity contribution in [3.63, 3.8) is 0 Å². The van der Waals surface area contributed by atoms with Gasteiger partial charge in [-0.25, -0.2) is 8.42 Å². The summed E-state index contributed by atoms with van der Waals surface area (Å²) in [5.41, 5.74) is 0. The third-order valence-corrected chi connectivity index (χ3v) is 4.40. The molecule has 2 unspecified atom stereocenters. The molecule has 1 amide bonds. The van der Waals surface area contributed by atoms with Crippen molar-refractivity contribution in [2.24, 2.45) is 5.92 Å². The second kappa shape index (κ2) is 6.70. The summed E-state index contributed by atoms with van der Waals surface area (Å²) in [6, 6.07) is -0.109. The average molecular weight is 290 g/mol. The number of nitrogens with zero attached hydrogens (tertiary/aromatic N) is 1. The van der Waals surface area contributed by atoms with Gasteiger partial charge in [0, 0.05) is 12.8 Å². The smallest absolute Gasteiger partial charge is 0.241 e. The van der Waals surface area contributed by atoms with E-state index in [2.05, 4.69) is 19.2 Å². The highest BCUT2D eigenvalue weighted by atomic mass is 32.2. The molecule has 0 aromatic carbocycles. The van der Waals surface area contributed by atoms with Gasteiger partial charge in [-0.1, -0.05) is 20.8 Å². The molecule has 1 heterocycles. The Morgan fingerprint density at radius 3 is 2.47 bits per heavy atom. The lowest BCUT2D eigenvalue weighted by molar-refractivity contribution is -0.130. The van der Waals surface area contributed by atoms with Crippen LogP contribution in [0.25, 0.3) is 0 Å². The van der Waals surface area contributed by atoms with E-state index in [0.717, 1.165) is 12.8 Å². The van der Waals surface area contributed by atoms with Crippen molar-refractivity contribution < 1.29 is 13.2 Å². The fourth-order valence-corrected chi connectivity index (χ4v) is 3.10. The van der Waals surface area contributed by atoms with Crippen LogP contribution in [0.2, 0.25) is 0 Å². The number of rotatable bonds is 7. The number of hydrogen-bond donors (Lipinski definition) is 1. The van der Waals surface area contributed by atoms with Gasteiger partial charge < -0.3 is 4.90 Å². The summed E-state index contributed by atoms with van der Waals surface area (Å²) >= 11 is 0. The molecule has 0 spiro atoms. The molecule has 112 valence electrons. The van der Waals surface area contributed by atoms with Crippen LogP contribution in [-0.4, -0.2) is 50.0 Å². The van der Waals surface area contributed by atoms with Crippen LogP contribution in [0.4, 0.5) is 0 Å². The Labute approximate surface area is 116 Å². The molecule has 0 aromatic heterocycles. The first-order valence-corrected chi connectivity index (χ1v) is 9.05. The summed E-state index contributed by atoms with van der Waals surface area (Å²) in [7, 11) is -2.95. The van der Waals surface area contributed by atoms with Gasteiger partial charge in [0.25, 0.3) is 0 Å². The predicted octanol–water partition coefficient (Wildman–Crippen LogP) is 1.00. The highest BCUT2D eigenvalue weighted by Gasteiger charge is 2.37. The minimum Gasteiger partial charge on any atom is -0.326 e. The standard InChI is InChI=1S/C13H26N2O3S/c1-5-11-13(16)15(7-6-8-19(4,17)18)12(14-11)9-10(2)3/h10-12,14H,5-9H2,1-4H3. The number of nitrogens with one attached hydrogen (secondary N) is 1. The van der Waals surface area contributed by atoms with E-state index in [1.165, 1.54) is 6.26 Å². The first-order chi connectivity index (χ1) is 8.74. The average Bonchev–Trinajstić information content (AvgIpc) is 2.54. The summed E-state index contributed by atoms with van der Waals surface area (Å²) in [6.07, 6.45) is 3.48. The van der Waals surface area contributed by atoms with E-state index in [9.17, 15) is 13.2 Å². The van der Waals surface area contributed by atoms with E-state index in [-0.39, 0.29) is 23.9 Å². The second-order valence-electron chi connectivity index (χ2n) is 5.79. The van der Waals surface area contributed by atoms with Crippen LogP contribution in [0.3, 0.4) is 0 Å². The van der Waals surface area contributed by atoms with E-state index in [4.69, 9.17) is 0 Å². The zero-order chi connectivity index (χ0) is 14.6. The van der Waals surface area contributed by atoms with E-state index >= 15 is 0 Å². The Hall–Kier alpha value is -0.620. The molecule has 0 aromatic rings. The van der Waals surface area contributed by atoms with Crippen LogP contribution in [-0.2, 0) is 14.6 Å². The van der Waals surface area contributed by atoms with Gasteiger partial charge in [-0.05, 0) is 25.2 Å². The SMILES string of the molecule is CCC1NC(CC(C)C)N(CCCS(C)(=O)=O)C1=O. The summed E-state index contributed by atoms with van der Waals surface area (Å²) in [5.74, 6) is 0.752. The highest BCUT2D eigenvalue weighted by molar-refractivity contribution is 7.90. The molecule has 0 aliphatic carbocycles. The van der Waals surface area contributed by atoms with E-state index in [1.807, 2.05) is 11.8 Å². The third-order valence-electron chi connectivity index (χ3n) is 3.37. The van der Waals surface area contributed by atoms with Crippen LogP contribution in [0, 0.1) is 5.92 Å². The van der Waals surface area contributed by atoms with Crippen LogP contribution < -0.4 is 5.32 Å². The minimum absolute atomic E-state index is 0.0528. The normalized spacial score (nSPS) is 24.5. The maximum atomic E-state index is 12.2.